The molecule has 98 valence electrons. The maximum Gasteiger partial charge on any atom is 0.393 e. The number of rotatable bonds is 1. The topological polar surface area (TPSA) is 32.3 Å². The molecule has 2 heterocycles. The van der Waals surface area contributed by atoms with Crippen molar-refractivity contribution in [1.82, 2.24) is 10.2 Å². The van der Waals surface area contributed by atoms with Gasteiger partial charge in [-0.25, -0.2) is 0 Å². The number of amides is 1. The van der Waals surface area contributed by atoms with Crippen LogP contribution in [0.2, 0.25) is 0 Å². The third kappa shape index (κ3) is 2.91. The van der Waals surface area contributed by atoms with Crippen LogP contribution in [0.4, 0.5) is 13.2 Å². The minimum atomic E-state index is -4.17. The SMILES string of the molecule is O=C(C1CCNC1)N1CCCC(C(F)(F)F)C1. The molecule has 0 bridgehead atoms. The van der Waals surface area contributed by atoms with E-state index in [-0.39, 0.29) is 24.8 Å². The molecule has 2 aliphatic rings. The molecule has 0 aromatic carbocycles. The van der Waals surface area contributed by atoms with Crippen molar-refractivity contribution in [2.75, 3.05) is 26.2 Å². The first-order valence-corrected chi connectivity index (χ1v) is 6.04. The van der Waals surface area contributed by atoms with Crippen molar-refractivity contribution in [2.24, 2.45) is 11.8 Å². The van der Waals surface area contributed by atoms with E-state index in [4.69, 9.17) is 0 Å². The van der Waals surface area contributed by atoms with Crippen molar-refractivity contribution in [1.29, 1.82) is 0 Å². The highest BCUT2D eigenvalue weighted by Crippen LogP contribution is 2.33. The summed E-state index contributed by atoms with van der Waals surface area (Å²) in [5.41, 5.74) is 0. The quantitative estimate of drug-likeness (QED) is 0.763. The van der Waals surface area contributed by atoms with Gasteiger partial charge in [0.1, 0.15) is 0 Å². The first kappa shape index (κ1) is 12.7. The fourth-order valence-electron chi connectivity index (χ4n) is 2.57. The van der Waals surface area contributed by atoms with Crippen LogP contribution in [0.3, 0.4) is 0 Å². The van der Waals surface area contributed by atoms with Crippen LogP contribution in [0.25, 0.3) is 0 Å². The van der Waals surface area contributed by atoms with Gasteiger partial charge in [-0.2, -0.15) is 13.2 Å². The molecular formula is C11H17F3N2O. The summed E-state index contributed by atoms with van der Waals surface area (Å²) < 4.78 is 37.8. The number of nitrogens with zero attached hydrogens (tertiary/aromatic N) is 1. The second kappa shape index (κ2) is 4.84. The van der Waals surface area contributed by atoms with Gasteiger partial charge < -0.3 is 10.2 Å². The molecule has 17 heavy (non-hydrogen) atoms. The number of carbonyl (C=O) groups is 1. The number of hydrogen-bond acceptors (Lipinski definition) is 2. The van der Waals surface area contributed by atoms with Gasteiger partial charge in [0.05, 0.1) is 11.8 Å². The Hall–Kier alpha value is -0.780. The predicted molar refractivity (Wildman–Crippen MR) is 56.3 cm³/mol. The molecule has 2 saturated heterocycles. The predicted octanol–water partition coefficient (Wildman–Crippen LogP) is 1.40. The normalized spacial score (nSPS) is 30.6. The molecule has 6 heteroatoms. The van der Waals surface area contributed by atoms with Crippen molar-refractivity contribution in [2.45, 2.75) is 25.4 Å². The fourth-order valence-corrected chi connectivity index (χ4v) is 2.57. The van der Waals surface area contributed by atoms with E-state index in [1.165, 1.54) is 4.90 Å². The van der Waals surface area contributed by atoms with E-state index in [2.05, 4.69) is 5.32 Å². The maximum atomic E-state index is 12.6. The van der Waals surface area contributed by atoms with Crippen molar-refractivity contribution in [3.05, 3.63) is 0 Å². The number of likely N-dealkylation sites (tertiary alicyclic amines) is 1. The summed E-state index contributed by atoms with van der Waals surface area (Å²) in [6, 6.07) is 0. The molecule has 2 fully saturated rings. The second-order valence-electron chi connectivity index (χ2n) is 4.85. The Morgan fingerprint density at radius 1 is 1.29 bits per heavy atom. The molecule has 0 saturated carbocycles. The van der Waals surface area contributed by atoms with Gasteiger partial charge in [-0.15, -0.1) is 0 Å². The lowest BCUT2D eigenvalue weighted by atomic mass is 9.96. The van der Waals surface area contributed by atoms with Crippen molar-refractivity contribution in [3.63, 3.8) is 0 Å². The summed E-state index contributed by atoms with van der Waals surface area (Å²) in [5, 5.41) is 3.06. The molecule has 0 aromatic rings. The van der Waals surface area contributed by atoms with E-state index in [0.29, 0.717) is 19.5 Å². The Labute approximate surface area is 98.3 Å². The van der Waals surface area contributed by atoms with Crippen molar-refractivity contribution >= 4 is 5.91 Å². The number of nitrogens with one attached hydrogen (secondary N) is 1. The molecule has 2 unspecified atom stereocenters. The number of alkyl halides is 3. The Morgan fingerprint density at radius 3 is 2.65 bits per heavy atom. The van der Waals surface area contributed by atoms with Crippen molar-refractivity contribution < 1.29 is 18.0 Å². The summed E-state index contributed by atoms with van der Waals surface area (Å²) in [7, 11) is 0. The molecule has 0 spiro atoms. The highest BCUT2D eigenvalue weighted by Gasteiger charge is 2.43. The Bertz CT molecular complexity index is 287. The third-order valence-corrected chi connectivity index (χ3v) is 3.61. The lowest BCUT2D eigenvalue weighted by molar-refractivity contribution is -0.188. The van der Waals surface area contributed by atoms with E-state index < -0.39 is 12.1 Å². The van der Waals surface area contributed by atoms with E-state index in [1.54, 1.807) is 0 Å². The molecule has 0 aliphatic carbocycles. The van der Waals surface area contributed by atoms with Gasteiger partial charge in [0.25, 0.3) is 0 Å². The first-order chi connectivity index (χ1) is 7.98. The van der Waals surface area contributed by atoms with Gasteiger partial charge in [-0.05, 0) is 25.8 Å². The van der Waals surface area contributed by atoms with Crippen LogP contribution >= 0.6 is 0 Å². The standard InChI is InChI=1S/C11H17F3N2O/c12-11(13,14)9-2-1-5-16(7-9)10(17)8-3-4-15-6-8/h8-9,15H,1-7H2. The van der Waals surface area contributed by atoms with E-state index in [1.807, 2.05) is 0 Å². The molecule has 1 amide bonds. The second-order valence-corrected chi connectivity index (χ2v) is 4.85. The first-order valence-electron chi connectivity index (χ1n) is 6.04. The van der Waals surface area contributed by atoms with Crippen LogP contribution in [-0.4, -0.2) is 43.2 Å². The van der Waals surface area contributed by atoms with E-state index in [9.17, 15) is 18.0 Å². The number of piperidine rings is 1. The van der Waals surface area contributed by atoms with Gasteiger partial charge in [0.15, 0.2) is 0 Å². The Balaban J connectivity index is 1.94. The monoisotopic (exact) mass is 250 g/mol. The van der Waals surface area contributed by atoms with E-state index in [0.717, 1.165) is 13.0 Å². The molecule has 1 N–H and O–H groups in total. The molecule has 0 radical (unpaired) electrons. The van der Waals surface area contributed by atoms with E-state index >= 15 is 0 Å². The van der Waals surface area contributed by atoms with Crippen LogP contribution in [0.1, 0.15) is 19.3 Å². The molecule has 2 aliphatic heterocycles. The summed E-state index contributed by atoms with van der Waals surface area (Å²) in [5.74, 6) is -1.57. The molecule has 3 nitrogen and oxygen atoms in total. The molecular weight excluding hydrogens is 233 g/mol. The van der Waals surface area contributed by atoms with Gasteiger partial charge in [0.2, 0.25) is 5.91 Å². The summed E-state index contributed by atoms with van der Waals surface area (Å²) in [4.78, 5) is 13.4. The van der Waals surface area contributed by atoms with Crippen LogP contribution in [0.15, 0.2) is 0 Å². The fraction of sp³-hybridized carbons (Fsp3) is 0.909. The average molecular weight is 250 g/mol. The smallest absolute Gasteiger partial charge is 0.342 e. The average Bonchev–Trinajstić information content (AvgIpc) is 2.80. The minimum Gasteiger partial charge on any atom is -0.342 e. The Kier molecular flexibility index (Phi) is 3.61. The highest BCUT2D eigenvalue weighted by molar-refractivity contribution is 5.79. The van der Waals surface area contributed by atoms with Gasteiger partial charge in [0, 0.05) is 19.6 Å². The van der Waals surface area contributed by atoms with Crippen LogP contribution < -0.4 is 5.32 Å². The zero-order chi connectivity index (χ0) is 12.5. The summed E-state index contributed by atoms with van der Waals surface area (Å²) >= 11 is 0. The van der Waals surface area contributed by atoms with Gasteiger partial charge in [-0.1, -0.05) is 0 Å². The number of hydrogen-bond donors (Lipinski definition) is 1. The largest absolute Gasteiger partial charge is 0.393 e. The van der Waals surface area contributed by atoms with Crippen LogP contribution in [0.5, 0.6) is 0 Å². The number of carbonyl (C=O) groups excluding carboxylic acids is 1. The lowest BCUT2D eigenvalue weighted by Crippen LogP contribution is -2.47. The van der Waals surface area contributed by atoms with Gasteiger partial charge >= 0.3 is 6.18 Å². The third-order valence-electron chi connectivity index (χ3n) is 3.61. The molecule has 0 aromatic heterocycles. The van der Waals surface area contributed by atoms with Gasteiger partial charge in [-0.3, -0.25) is 4.79 Å². The summed E-state index contributed by atoms with van der Waals surface area (Å²) in [6.45, 7) is 1.71. The van der Waals surface area contributed by atoms with Crippen LogP contribution in [0, 0.1) is 11.8 Å². The zero-order valence-electron chi connectivity index (χ0n) is 9.59. The Morgan fingerprint density at radius 2 is 2.06 bits per heavy atom. The molecule has 2 rings (SSSR count). The van der Waals surface area contributed by atoms with Crippen molar-refractivity contribution in [3.8, 4) is 0 Å². The minimum absolute atomic E-state index is 0.107. The summed E-state index contributed by atoms with van der Waals surface area (Å²) in [6.07, 6.45) is -2.83. The maximum absolute atomic E-state index is 12.6. The highest BCUT2D eigenvalue weighted by atomic mass is 19.4. The van der Waals surface area contributed by atoms with Crippen LogP contribution in [-0.2, 0) is 4.79 Å². The molecule has 2 atom stereocenters. The zero-order valence-corrected chi connectivity index (χ0v) is 9.59. The number of halogens is 3. The lowest BCUT2D eigenvalue weighted by Gasteiger charge is -2.35.